The van der Waals surface area contributed by atoms with E-state index in [-0.39, 0.29) is 17.8 Å². The van der Waals surface area contributed by atoms with Gasteiger partial charge in [0.1, 0.15) is 18.5 Å². The smallest absolute Gasteiger partial charge is 0.230 e. The molecule has 1 fully saturated rings. The second-order valence-electron chi connectivity index (χ2n) is 6.60. The van der Waals surface area contributed by atoms with Crippen molar-refractivity contribution in [2.75, 3.05) is 18.9 Å². The number of hydrogen-bond acceptors (Lipinski definition) is 6. The number of hydrogen-bond donors (Lipinski definition) is 1. The third-order valence-corrected chi connectivity index (χ3v) is 5.39. The maximum atomic E-state index is 12.2. The minimum absolute atomic E-state index is 0.0661. The molecule has 1 amide bonds. The summed E-state index contributed by atoms with van der Waals surface area (Å²) in [4.78, 5) is 12.2. The fourth-order valence-corrected chi connectivity index (χ4v) is 3.71. The highest BCUT2D eigenvalue weighted by Gasteiger charge is 2.30. The molecule has 0 radical (unpaired) electrons. The van der Waals surface area contributed by atoms with Crippen molar-refractivity contribution in [1.29, 1.82) is 0 Å². The summed E-state index contributed by atoms with van der Waals surface area (Å²) >= 11 is 1.39. The highest BCUT2D eigenvalue weighted by atomic mass is 32.2. The molecule has 4 rings (SSSR count). The predicted octanol–water partition coefficient (Wildman–Crippen LogP) is 2.39. The van der Waals surface area contributed by atoms with Gasteiger partial charge in [0.25, 0.3) is 0 Å². The van der Waals surface area contributed by atoms with Crippen molar-refractivity contribution in [3.63, 3.8) is 0 Å². The molecule has 2 aromatic rings. The molecule has 1 atom stereocenters. The van der Waals surface area contributed by atoms with Crippen LogP contribution in [0.4, 0.5) is 0 Å². The van der Waals surface area contributed by atoms with Crippen LogP contribution in [0.25, 0.3) is 0 Å². The van der Waals surface area contributed by atoms with Gasteiger partial charge in [-0.15, -0.1) is 16.8 Å². The Bertz CT molecular complexity index is 834. The normalized spacial score (nSPS) is 18.1. The summed E-state index contributed by atoms with van der Waals surface area (Å²) in [7, 11) is 0. The van der Waals surface area contributed by atoms with Gasteiger partial charge < -0.3 is 19.4 Å². The Morgan fingerprint density at radius 3 is 2.93 bits per heavy atom. The van der Waals surface area contributed by atoms with Gasteiger partial charge in [0.15, 0.2) is 16.7 Å². The van der Waals surface area contributed by atoms with E-state index in [9.17, 15) is 4.79 Å². The van der Waals surface area contributed by atoms with E-state index >= 15 is 0 Å². The zero-order valence-electron chi connectivity index (χ0n) is 15.0. The Morgan fingerprint density at radius 2 is 2.15 bits per heavy atom. The highest BCUT2D eigenvalue weighted by molar-refractivity contribution is 7.99. The lowest BCUT2D eigenvalue weighted by atomic mass is 10.2. The number of fused-ring (bicyclic) bond motifs is 1. The largest absolute Gasteiger partial charge is 0.486 e. The van der Waals surface area contributed by atoms with Crippen LogP contribution in [0.3, 0.4) is 0 Å². The topological polar surface area (TPSA) is 78.3 Å². The lowest BCUT2D eigenvalue weighted by Crippen LogP contribution is -2.41. The number of ether oxygens (including phenoxy) is 2. The number of rotatable bonds is 8. The van der Waals surface area contributed by atoms with Gasteiger partial charge >= 0.3 is 0 Å². The minimum atomic E-state index is -0.195. The molecule has 142 valence electrons. The van der Waals surface area contributed by atoms with Crippen LogP contribution in [0.1, 0.15) is 24.6 Å². The molecule has 1 aliphatic heterocycles. The van der Waals surface area contributed by atoms with E-state index in [2.05, 4.69) is 26.7 Å². The minimum Gasteiger partial charge on any atom is -0.486 e. The van der Waals surface area contributed by atoms with Gasteiger partial charge in [-0.1, -0.05) is 30.0 Å². The molecule has 1 aromatic carbocycles. The Morgan fingerprint density at radius 1 is 1.33 bits per heavy atom. The molecule has 1 saturated carbocycles. The first-order valence-corrected chi connectivity index (χ1v) is 10.0. The van der Waals surface area contributed by atoms with Crippen molar-refractivity contribution < 1.29 is 14.3 Å². The lowest BCUT2D eigenvalue weighted by Gasteiger charge is -2.26. The van der Waals surface area contributed by atoms with E-state index in [1.54, 1.807) is 0 Å². The number of carbonyl (C=O) groups excluding carboxylic acids is 1. The summed E-state index contributed by atoms with van der Waals surface area (Å²) in [6, 6.07) is 7.54. The van der Waals surface area contributed by atoms with E-state index < -0.39 is 0 Å². The number of nitrogens with one attached hydrogen (secondary N) is 1. The fourth-order valence-electron chi connectivity index (χ4n) is 2.92. The van der Waals surface area contributed by atoms with Gasteiger partial charge in [-0.2, -0.15) is 0 Å². The van der Waals surface area contributed by atoms with Gasteiger partial charge in [-0.05, 0) is 25.0 Å². The Kier molecular flexibility index (Phi) is 5.33. The Hall–Kier alpha value is -2.48. The molecule has 0 saturated heterocycles. The van der Waals surface area contributed by atoms with E-state index in [1.165, 1.54) is 11.8 Å². The van der Waals surface area contributed by atoms with E-state index in [0.29, 0.717) is 31.4 Å². The van der Waals surface area contributed by atoms with Gasteiger partial charge in [-0.25, -0.2) is 0 Å². The average Bonchev–Trinajstić information content (AvgIpc) is 3.46. The summed E-state index contributed by atoms with van der Waals surface area (Å²) in [5.74, 6) is 3.18. The summed E-state index contributed by atoms with van der Waals surface area (Å²) in [5.41, 5.74) is 0. The van der Waals surface area contributed by atoms with Crippen molar-refractivity contribution in [1.82, 2.24) is 20.1 Å². The number of para-hydroxylation sites is 2. The molecular weight excluding hydrogens is 364 g/mol. The SMILES string of the molecule is C=CCn1c(SCC(=O)NCC2COc3ccccc3O2)nnc1C1CC1. The molecule has 0 spiro atoms. The van der Waals surface area contributed by atoms with Crippen LogP contribution in [-0.2, 0) is 11.3 Å². The maximum absolute atomic E-state index is 12.2. The van der Waals surface area contributed by atoms with E-state index in [4.69, 9.17) is 9.47 Å². The number of thioether (sulfide) groups is 1. The van der Waals surface area contributed by atoms with Crippen molar-refractivity contribution in [3.8, 4) is 11.5 Å². The van der Waals surface area contributed by atoms with Gasteiger partial charge in [-0.3, -0.25) is 4.79 Å². The monoisotopic (exact) mass is 386 g/mol. The summed E-state index contributed by atoms with van der Waals surface area (Å²) in [5, 5.41) is 12.2. The van der Waals surface area contributed by atoms with Crippen LogP contribution < -0.4 is 14.8 Å². The van der Waals surface area contributed by atoms with E-state index in [0.717, 1.165) is 29.6 Å². The van der Waals surface area contributed by atoms with Crippen molar-refractivity contribution in [3.05, 3.63) is 42.7 Å². The summed E-state index contributed by atoms with van der Waals surface area (Å²) in [6.07, 6.45) is 3.96. The zero-order valence-corrected chi connectivity index (χ0v) is 15.8. The molecule has 2 aliphatic rings. The van der Waals surface area contributed by atoms with Crippen LogP contribution in [0.2, 0.25) is 0 Å². The van der Waals surface area contributed by atoms with E-state index in [1.807, 2.05) is 30.3 Å². The molecule has 0 bridgehead atoms. The second-order valence-corrected chi connectivity index (χ2v) is 7.55. The molecule has 1 N–H and O–H groups in total. The number of carbonyl (C=O) groups is 1. The lowest BCUT2D eigenvalue weighted by molar-refractivity contribution is -0.119. The first-order valence-electron chi connectivity index (χ1n) is 9.06. The number of amides is 1. The molecule has 1 aliphatic carbocycles. The molecule has 1 aromatic heterocycles. The fraction of sp³-hybridized carbons (Fsp3) is 0.421. The summed E-state index contributed by atoms with van der Waals surface area (Å²) < 4.78 is 13.6. The first kappa shape index (κ1) is 17.9. The molecule has 2 heterocycles. The molecule has 1 unspecified atom stereocenters. The number of allylic oxidation sites excluding steroid dienone is 1. The number of nitrogens with zero attached hydrogens (tertiary/aromatic N) is 3. The van der Waals surface area contributed by atoms with Gasteiger partial charge in [0, 0.05) is 12.5 Å². The number of benzene rings is 1. The molecule has 7 nitrogen and oxygen atoms in total. The van der Waals surface area contributed by atoms with Crippen molar-refractivity contribution in [2.24, 2.45) is 0 Å². The van der Waals surface area contributed by atoms with Crippen LogP contribution >= 0.6 is 11.8 Å². The predicted molar refractivity (Wildman–Crippen MR) is 102 cm³/mol. The van der Waals surface area contributed by atoms with Crippen molar-refractivity contribution >= 4 is 17.7 Å². The average molecular weight is 386 g/mol. The highest BCUT2D eigenvalue weighted by Crippen LogP contribution is 2.40. The standard InChI is InChI=1S/C19H22N4O3S/c1-2-9-23-18(13-7-8-13)21-22-19(23)27-12-17(24)20-10-14-11-25-15-5-3-4-6-16(15)26-14/h2-6,13-14H,1,7-12H2,(H,20,24). The first-order chi connectivity index (χ1) is 13.2. The van der Waals surface area contributed by atoms with Crippen molar-refractivity contribution in [2.45, 2.75) is 36.6 Å². The Balaban J connectivity index is 1.26. The number of aromatic nitrogens is 3. The van der Waals surface area contributed by atoms with Gasteiger partial charge in [0.05, 0.1) is 12.3 Å². The third kappa shape index (κ3) is 4.27. The van der Waals surface area contributed by atoms with Crippen LogP contribution in [0.5, 0.6) is 11.5 Å². The maximum Gasteiger partial charge on any atom is 0.230 e. The zero-order chi connectivity index (χ0) is 18.6. The molecular formula is C19H22N4O3S. The summed E-state index contributed by atoms with van der Waals surface area (Å²) in [6.45, 7) is 5.28. The molecule has 8 heteroatoms. The van der Waals surface area contributed by atoms with Crippen LogP contribution in [0, 0.1) is 0 Å². The third-order valence-electron chi connectivity index (χ3n) is 4.43. The quantitative estimate of drug-likeness (QED) is 0.554. The molecule has 27 heavy (non-hydrogen) atoms. The van der Waals surface area contributed by atoms with Crippen LogP contribution in [-0.4, -0.2) is 45.7 Å². The second kappa shape index (κ2) is 8.04. The van der Waals surface area contributed by atoms with Gasteiger partial charge in [0.2, 0.25) is 5.91 Å². The Labute approximate surface area is 162 Å². The van der Waals surface area contributed by atoms with Crippen LogP contribution in [0.15, 0.2) is 42.1 Å².